The van der Waals surface area contributed by atoms with Crippen LogP contribution in [-0.4, -0.2) is 35.6 Å². The number of aryl methyl sites for hydroxylation is 1. The van der Waals surface area contributed by atoms with E-state index < -0.39 is 0 Å². The fraction of sp³-hybridized carbons (Fsp3) is 0.150. The Morgan fingerprint density at radius 2 is 2.00 bits per heavy atom. The lowest BCUT2D eigenvalue weighted by atomic mass is 10.3. The molecule has 1 heterocycles. The number of carbonyl (C=O) groups is 1. The Bertz CT molecular complexity index is 1030. The second kappa shape index (κ2) is 9.20. The Morgan fingerprint density at radius 3 is 2.72 bits per heavy atom. The number of para-hydroxylation sites is 2. The highest BCUT2D eigenvalue weighted by molar-refractivity contribution is 6.32. The van der Waals surface area contributed by atoms with Crippen LogP contribution >= 0.6 is 11.6 Å². The molecule has 0 aliphatic carbocycles. The van der Waals surface area contributed by atoms with Gasteiger partial charge >= 0.3 is 0 Å². The van der Waals surface area contributed by atoms with Gasteiger partial charge in [0.25, 0.3) is 5.91 Å². The van der Waals surface area contributed by atoms with Gasteiger partial charge in [0, 0.05) is 0 Å². The van der Waals surface area contributed by atoms with E-state index in [0.29, 0.717) is 33.5 Å². The van der Waals surface area contributed by atoms with Crippen molar-refractivity contribution in [2.75, 3.05) is 19.0 Å². The minimum Gasteiger partial charge on any atom is -0.495 e. The van der Waals surface area contributed by atoms with Gasteiger partial charge in [-0.3, -0.25) is 4.79 Å². The van der Waals surface area contributed by atoms with Crippen molar-refractivity contribution in [1.29, 1.82) is 0 Å². The van der Waals surface area contributed by atoms with Gasteiger partial charge < -0.3 is 10.1 Å². The average molecular weight is 416 g/mol. The number of amides is 1. The number of anilines is 1. The number of methoxy groups -OCH3 is 1. The number of hydrazone groups is 1. The molecule has 0 fully saturated rings. The second-order valence-corrected chi connectivity index (χ2v) is 6.38. The summed E-state index contributed by atoms with van der Waals surface area (Å²) in [6.07, 6.45) is 1.42. The molecule has 0 saturated heterocycles. The highest BCUT2D eigenvalue weighted by Gasteiger charge is 2.13. The van der Waals surface area contributed by atoms with E-state index in [9.17, 15) is 9.18 Å². The molecule has 0 spiro atoms. The topological polar surface area (TPSA) is 80.5 Å². The van der Waals surface area contributed by atoms with E-state index in [4.69, 9.17) is 16.3 Å². The Labute approximate surface area is 172 Å². The maximum atomic E-state index is 13.1. The van der Waals surface area contributed by atoms with Gasteiger partial charge in [-0.2, -0.15) is 10.2 Å². The molecule has 9 heteroatoms. The Balaban J connectivity index is 1.63. The van der Waals surface area contributed by atoms with Crippen LogP contribution in [0, 0.1) is 12.7 Å². The molecule has 0 unspecified atom stereocenters. The van der Waals surface area contributed by atoms with Crippen molar-refractivity contribution >= 4 is 29.4 Å². The summed E-state index contributed by atoms with van der Waals surface area (Å²) in [5, 5.41) is 11.6. The molecule has 3 aromatic rings. The van der Waals surface area contributed by atoms with Crippen molar-refractivity contribution in [1.82, 2.24) is 15.2 Å². The van der Waals surface area contributed by atoms with Crippen LogP contribution in [0.4, 0.5) is 10.1 Å². The van der Waals surface area contributed by atoms with Crippen molar-refractivity contribution in [3.63, 3.8) is 0 Å². The van der Waals surface area contributed by atoms with Gasteiger partial charge in [-0.1, -0.05) is 23.7 Å². The van der Waals surface area contributed by atoms with Crippen LogP contribution in [0.15, 0.2) is 53.6 Å². The molecule has 0 radical (unpaired) electrons. The fourth-order valence-electron chi connectivity index (χ4n) is 2.59. The standard InChI is InChI=1S/C20H19ClFN5O2/c1-13-16(20(21)27(26-13)15-9-7-14(22)8-10-15)11-24-25-19(28)12-23-17-5-3-4-6-18(17)29-2/h3-11,23H,12H2,1-2H3,(H,25,28). The van der Waals surface area contributed by atoms with Crippen molar-refractivity contribution < 1.29 is 13.9 Å². The van der Waals surface area contributed by atoms with E-state index in [1.807, 2.05) is 18.2 Å². The third-order valence-electron chi connectivity index (χ3n) is 4.05. The molecule has 0 atom stereocenters. The van der Waals surface area contributed by atoms with Gasteiger partial charge in [-0.05, 0) is 43.3 Å². The van der Waals surface area contributed by atoms with Gasteiger partial charge in [0.1, 0.15) is 16.7 Å². The quantitative estimate of drug-likeness (QED) is 0.457. The Morgan fingerprint density at radius 1 is 1.28 bits per heavy atom. The zero-order valence-corrected chi connectivity index (χ0v) is 16.6. The predicted octanol–water partition coefficient (Wildman–Crippen LogP) is 3.54. The summed E-state index contributed by atoms with van der Waals surface area (Å²) < 4.78 is 19.8. The number of hydrogen-bond donors (Lipinski definition) is 2. The first-order valence-electron chi connectivity index (χ1n) is 8.69. The average Bonchev–Trinajstić information content (AvgIpc) is 3.01. The van der Waals surface area contributed by atoms with E-state index in [1.54, 1.807) is 32.2 Å². The number of halogens is 2. The molecule has 29 heavy (non-hydrogen) atoms. The summed E-state index contributed by atoms with van der Waals surface area (Å²) in [5.74, 6) is -0.0498. The van der Waals surface area contributed by atoms with Crippen LogP contribution in [0.25, 0.3) is 5.69 Å². The SMILES string of the molecule is COc1ccccc1NCC(=O)NN=Cc1c(C)nn(-c2ccc(F)cc2)c1Cl. The van der Waals surface area contributed by atoms with Crippen LogP contribution in [0.3, 0.4) is 0 Å². The van der Waals surface area contributed by atoms with Gasteiger partial charge in [-0.25, -0.2) is 14.5 Å². The van der Waals surface area contributed by atoms with Gasteiger partial charge in [0.15, 0.2) is 0 Å². The lowest BCUT2D eigenvalue weighted by Gasteiger charge is -2.09. The van der Waals surface area contributed by atoms with Crippen molar-refractivity contribution in [2.45, 2.75) is 6.92 Å². The molecule has 7 nitrogen and oxygen atoms in total. The van der Waals surface area contributed by atoms with Crippen LogP contribution in [-0.2, 0) is 4.79 Å². The lowest BCUT2D eigenvalue weighted by molar-refractivity contribution is -0.119. The second-order valence-electron chi connectivity index (χ2n) is 6.03. The Kier molecular flexibility index (Phi) is 6.46. The maximum absolute atomic E-state index is 13.1. The normalized spacial score (nSPS) is 10.9. The molecule has 150 valence electrons. The zero-order valence-electron chi connectivity index (χ0n) is 15.8. The summed E-state index contributed by atoms with van der Waals surface area (Å²) in [7, 11) is 1.56. The highest BCUT2D eigenvalue weighted by atomic mass is 35.5. The monoisotopic (exact) mass is 415 g/mol. The summed E-state index contributed by atoms with van der Waals surface area (Å²) >= 11 is 6.37. The smallest absolute Gasteiger partial charge is 0.259 e. The highest BCUT2D eigenvalue weighted by Crippen LogP contribution is 2.23. The van der Waals surface area contributed by atoms with Crippen molar-refractivity contribution in [2.24, 2.45) is 5.10 Å². The number of benzene rings is 2. The maximum Gasteiger partial charge on any atom is 0.259 e. The minimum absolute atomic E-state index is 0.0132. The van der Waals surface area contributed by atoms with Crippen molar-refractivity contribution in [3.05, 3.63) is 70.8 Å². The third-order valence-corrected chi connectivity index (χ3v) is 4.41. The van der Waals surface area contributed by atoms with Crippen LogP contribution < -0.4 is 15.5 Å². The van der Waals surface area contributed by atoms with Gasteiger partial charge in [-0.15, -0.1) is 0 Å². The largest absolute Gasteiger partial charge is 0.495 e. The molecule has 0 aliphatic heterocycles. The first kappa shape index (κ1) is 20.3. The summed E-state index contributed by atoms with van der Waals surface area (Å²) in [6.45, 7) is 1.78. The van der Waals surface area contributed by atoms with Crippen LogP contribution in [0.2, 0.25) is 5.15 Å². The molecular formula is C20H19ClFN5O2. The van der Waals surface area contributed by atoms with E-state index in [1.165, 1.54) is 23.0 Å². The summed E-state index contributed by atoms with van der Waals surface area (Å²) in [4.78, 5) is 12.0. The summed E-state index contributed by atoms with van der Waals surface area (Å²) in [6, 6.07) is 13.1. The predicted molar refractivity (Wildman–Crippen MR) is 110 cm³/mol. The number of nitrogens with one attached hydrogen (secondary N) is 2. The van der Waals surface area contributed by atoms with Crippen LogP contribution in [0.1, 0.15) is 11.3 Å². The molecule has 0 aliphatic rings. The van der Waals surface area contributed by atoms with Gasteiger partial charge in [0.2, 0.25) is 0 Å². The molecule has 0 bridgehead atoms. The molecular weight excluding hydrogens is 397 g/mol. The number of nitrogens with zero attached hydrogens (tertiary/aromatic N) is 3. The molecule has 3 rings (SSSR count). The number of ether oxygens (including phenoxy) is 1. The fourth-order valence-corrected chi connectivity index (χ4v) is 2.91. The summed E-state index contributed by atoms with van der Waals surface area (Å²) in [5.41, 5.74) is 4.91. The van der Waals surface area contributed by atoms with E-state index in [2.05, 4.69) is 20.9 Å². The van der Waals surface area contributed by atoms with E-state index >= 15 is 0 Å². The number of hydrogen-bond acceptors (Lipinski definition) is 5. The number of carbonyl (C=O) groups excluding carboxylic acids is 1. The molecule has 1 aromatic heterocycles. The molecule has 2 N–H and O–H groups in total. The number of aromatic nitrogens is 2. The Hall–Kier alpha value is -3.39. The van der Waals surface area contributed by atoms with Gasteiger partial charge in [0.05, 0.1) is 42.5 Å². The van der Waals surface area contributed by atoms with E-state index in [-0.39, 0.29) is 18.3 Å². The molecule has 1 amide bonds. The molecule has 0 saturated carbocycles. The molecule has 2 aromatic carbocycles. The number of rotatable bonds is 7. The zero-order chi connectivity index (χ0) is 20.8. The minimum atomic E-state index is -0.347. The first-order chi connectivity index (χ1) is 14.0. The third kappa shape index (κ3) is 4.91. The lowest BCUT2D eigenvalue weighted by Crippen LogP contribution is -2.26. The van der Waals surface area contributed by atoms with Crippen molar-refractivity contribution in [3.8, 4) is 11.4 Å². The van der Waals surface area contributed by atoms with Crippen LogP contribution in [0.5, 0.6) is 5.75 Å². The van der Waals surface area contributed by atoms with E-state index in [0.717, 1.165) is 0 Å². The first-order valence-corrected chi connectivity index (χ1v) is 9.07.